The highest BCUT2D eigenvalue weighted by atomic mass is 16.5. The average molecular weight is 443 g/mol. The summed E-state index contributed by atoms with van der Waals surface area (Å²) in [6.07, 6.45) is 12.1. The summed E-state index contributed by atoms with van der Waals surface area (Å²) < 4.78 is 5.32. The van der Waals surface area contributed by atoms with Crippen LogP contribution in [0.2, 0.25) is 0 Å². The number of amides is 1. The van der Waals surface area contributed by atoms with Gasteiger partial charge in [-0.25, -0.2) is 4.98 Å². The maximum Gasteiger partial charge on any atom is 0.255 e. The number of methoxy groups -OCH3 is 1. The van der Waals surface area contributed by atoms with Gasteiger partial charge in [0.1, 0.15) is 5.75 Å². The average Bonchev–Trinajstić information content (AvgIpc) is 2.89. The number of rotatable bonds is 5. The Kier molecular flexibility index (Phi) is 6.61. The van der Waals surface area contributed by atoms with E-state index < -0.39 is 0 Å². The van der Waals surface area contributed by atoms with Crippen LogP contribution in [0.25, 0.3) is 22.2 Å². The van der Waals surface area contributed by atoms with Gasteiger partial charge >= 0.3 is 0 Å². The molecule has 172 valence electrons. The highest BCUT2D eigenvalue weighted by Crippen LogP contribution is 2.34. The van der Waals surface area contributed by atoms with Crippen molar-refractivity contribution < 1.29 is 9.53 Å². The lowest BCUT2D eigenvalue weighted by atomic mass is 9.87. The molecular formula is C29H34N2O2. The summed E-state index contributed by atoms with van der Waals surface area (Å²) in [5, 5.41) is 0.955. The molecule has 2 saturated carbocycles. The molecule has 2 aromatic carbocycles. The number of carbonyl (C=O) groups excluding carboxylic acids is 1. The molecule has 0 unspecified atom stereocenters. The topological polar surface area (TPSA) is 42.4 Å². The van der Waals surface area contributed by atoms with E-state index in [-0.39, 0.29) is 5.91 Å². The molecule has 2 aliphatic carbocycles. The fourth-order valence-electron chi connectivity index (χ4n) is 5.75. The molecule has 4 nitrogen and oxygen atoms in total. The van der Waals surface area contributed by atoms with Crippen molar-refractivity contribution in [2.75, 3.05) is 7.11 Å². The Labute approximate surface area is 197 Å². The zero-order valence-corrected chi connectivity index (χ0v) is 19.6. The standard InChI is InChI=1S/C29H34N2O2/c1-33-24-18-16-21(17-19-24)28-20-26(25-14-8-9-15-27(25)30-28)29(32)31(22-10-4-2-5-11-22)23-12-6-3-7-13-23/h8-9,14-20,22-23H,2-7,10-13H2,1H3. The lowest BCUT2D eigenvalue weighted by Gasteiger charge is -2.42. The maximum absolute atomic E-state index is 14.3. The van der Waals surface area contributed by atoms with Gasteiger partial charge in [-0.15, -0.1) is 0 Å². The highest BCUT2D eigenvalue weighted by molar-refractivity contribution is 6.07. The fraction of sp³-hybridized carbons (Fsp3) is 0.448. The minimum atomic E-state index is 0.196. The second-order valence-corrected chi connectivity index (χ2v) is 9.60. The van der Waals surface area contributed by atoms with Crippen molar-refractivity contribution in [1.29, 1.82) is 0 Å². The van der Waals surface area contributed by atoms with Crippen LogP contribution in [0.1, 0.15) is 74.6 Å². The van der Waals surface area contributed by atoms with Gasteiger partial charge in [-0.1, -0.05) is 56.7 Å². The number of pyridine rings is 1. The van der Waals surface area contributed by atoms with Crippen LogP contribution in [0.5, 0.6) is 5.75 Å². The Morgan fingerprint density at radius 2 is 1.45 bits per heavy atom. The molecule has 33 heavy (non-hydrogen) atoms. The fourth-order valence-corrected chi connectivity index (χ4v) is 5.75. The van der Waals surface area contributed by atoms with Crippen LogP contribution < -0.4 is 4.74 Å². The molecule has 0 saturated heterocycles. The van der Waals surface area contributed by atoms with Crippen LogP contribution in [0.15, 0.2) is 54.6 Å². The molecule has 0 N–H and O–H groups in total. The van der Waals surface area contributed by atoms with E-state index in [1.807, 2.05) is 54.6 Å². The Hall–Kier alpha value is -2.88. The first-order chi connectivity index (χ1) is 16.2. The summed E-state index contributed by atoms with van der Waals surface area (Å²) in [6.45, 7) is 0. The van der Waals surface area contributed by atoms with Crippen molar-refractivity contribution in [3.05, 3.63) is 60.2 Å². The summed E-state index contributed by atoms with van der Waals surface area (Å²) >= 11 is 0. The first-order valence-electron chi connectivity index (χ1n) is 12.6. The Bertz CT molecular complexity index is 1080. The van der Waals surface area contributed by atoms with E-state index in [4.69, 9.17) is 9.72 Å². The molecule has 2 fully saturated rings. The Balaban J connectivity index is 1.58. The third kappa shape index (κ3) is 4.62. The van der Waals surface area contributed by atoms with Crippen LogP contribution in [-0.4, -0.2) is 35.0 Å². The molecule has 0 aliphatic heterocycles. The minimum absolute atomic E-state index is 0.196. The van der Waals surface area contributed by atoms with E-state index in [2.05, 4.69) is 4.90 Å². The van der Waals surface area contributed by atoms with Crippen LogP contribution in [0, 0.1) is 0 Å². The molecule has 5 rings (SSSR count). The molecule has 1 amide bonds. The van der Waals surface area contributed by atoms with Crippen molar-refractivity contribution in [3.8, 4) is 17.0 Å². The Morgan fingerprint density at radius 3 is 2.06 bits per heavy atom. The first kappa shape index (κ1) is 21.9. The Morgan fingerprint density at radius 1 is 0.848 bits per heavy atom. The number of carbonyl (C=O) groups is 1. The zero-order chi connectivity index (χ0) is 22.6. The minimum Gasteiger partial charge on any atom is -0.497 e. The van der Waals surface area contributed by atoms with Gasteiger partial charge in [-0.3, -0.25) is 4.79 Å². The van der Waals surface area contributed by atoms with E-state index in [0.29, 0.717) is 12.1 Å². The molecule has 2 aliphatic rings. The van der Waals surface area contributed by atoms with E-state index in [9.17, 15) is 4.79 Å². The van der Waals surface area contributed by atoms with Gasteiger partial charge in [0.05, 0.1) is 23.9 Å². The second kappa shape index (κ2) is 9.94. The lowest BCUT2D eigenvalue weighted by Crippen LogP contribution is -2.48. The van der Waals surface area contributed by atoms with Crippen LogP contribution in [-0.2, 0) is 0 Å². The van der Waals surface area contributed by atoms with Crippen molar-refractivity contribution in [2.24, 2.45) is 0 Å². The summed E-state index contributed by atoms with van der Waals surface area (Å²) in [4.78, 5) is 21.5. The SMILES string of the molecule is COc1ccc(-c2cc(C(=O)N(C3CCCCC3)C3CCCCC3)c3ccccc3n2)cc1. The largest absolute Gasteiger partial charge is 0.497 e. The number of hydrogen-bond acceptors (Lipinski definition) is 3. The highest BCUT2D eigenvalue weighted by Gasteiger charge is 2.34. The van der Waals surface area contributed by atoms with Crippen molar-refractivity contribution in [3.63, 3.8) is 0 Å². The maximum atomic E-state index is 14.3. The molecule has 4 heteroatoms. The smallest absolute Gasteiger partial charge is 0.255 e. The number of nitrogens with zero attached hydrogens (tertiary/aromatic N) is 2. The molecule has 0 atom stereocenters. The molecular weight excluding hydrogens is 408 g/mol. The van der Waals surface area contributed by atoms with Gasteiger partial charge in [0, 0.05) is 23.0 Å². The number of para-hydroxylation sites is 1. The van der Waals surface area contributed by atoms with Crippen molar-refractivity contribution in [1.82, 2.24) is 9.88 Å². The summed E-state index contributed by atoms with van der Waals surface area (Å²) in [7, 11) is 1.67. The second-order valence-electron chi connectivity index (χ2n) is 9.60. The van der Waals surface area contributed by atoms with Gasteiger partial charge in [-0.05, 0) is 62.1 Å². The van der Waals surface area contributed by atoms with Gasteiger partial charge < -0.3 is 9.64 Å². The van der Waals surface area contributed by atoms with E-state index in [0.717, 1.165) is 59.2 Å². The molecule has 3 aromatic rings. The summed E-state index contributed by atoms with van der Waals surface area (Å²) in [5.41, 5.74) is 3.51. The number of hydrogen-bond donors (Lipinski definition) is 0. The van der Waals surface area contributed by atoms with E-state index in [1.54, 1.807) is 7.11 Å². The molecule has 1 heterocycles. The molecule has 1 aromatic heterocycles. The van der Waals surface area contributed by atoms with Crippen molar-refractivity contribution >= 4 is 16.8 Å². The number of aromatic nitrogens is 1. The van der Waals surface area contributed by atoms with Gasteiger partial charge in [-0.2, -0.15) is 0 Å². The molecule has 0 radical (unpaired) electrons. The summed E-state index contributed by atoms with van der Waals surface area (Å²) in [5.74, 6) is 1.01. The monoisotopic (exact) mass is 442 g/mol. The van der Waals surface area contributed by atoms with Gasteiger partial charge in [0.15, 0.2) is 0 Å². The third-order valence-electron chi connectivity index (χ3n) is 7.50. The quantitative estimate of drug-likeness (QED) is 0.426. The first-order valence-corrected chi connectivity index (χ1v) is 12.6. The lowest BCUT2D eigenvalue weighted by molar-refractivity contribution is 0.0450. The normalized spacial score (nSPS) is 17.7. The number of benzene rings is 2. The van der Waals surface area contributed by atoms with E-state index >= 15 is 0 Å². The summed E-state index contributed by atoms with van der Waals surface area (Å²) in [6, 6.07) is 18.8. The van der Waals surface area contributed by atoms with Crippen LogP contribution >= 0.6 is 0 Å². The van der Waals surface area contributed by atoms with Gasteiger partial charge in [0.25, 0.3) is 5.91 Å². The van der Waals surface area contributed by atoms with Crippen LogP contribution in [0.3, 0.4) is 0 Å². The van der Waals surface area contributed by atoms with Gasteiger partial charge in [0.2, 0.25) is 0 Å². The third-order valence-corrected chi connectivity index (χ3v) is 7.50. The number of fused-ring (bicyclic) bond motifs is 1. The zero-order valence-electron chi connectivity index (χ0n) is 19.6. The number of ether oxygens (including phenoxy) is 1. The van der Waals surface area contributed by atoms with Crippen LogP contribution in [0.4, 0.5) is 0 Å². The van der Waals surface area contributed by atoms with E-state index in [1.165, 1.54) is 38.5 Å². The predicted molar refractivity (Wildman–Crippen MR) is 134 cm³/mol. The predicted octanol–water partition coefficient (Wildman–Crippen LogP) is 7.02. The molecule has 0 spiro atoms. The van der Waals surface area contributed by atoms with Crippen molar-refractivity contribution in [2.45, 2.75) is 76.3 Å². The molecule has 0 bridgehead atoms.